The second-order valence-electron chi connectivity index (χ2n) is 5.26. The third-order valence-corrected chi connectivity index (χ3v) is 3.37. The minimum absolute atomic E-state index is 0.0901. The van der Waals surface area contributed by atoms with Crippen LogP contribution in [0.25, 0.3) is 0 Å². The predicted molar refractivity (Wildman–Crippen MR) is 72.5 cm³/mol. The number of thioether (sulfide) groups is 1. The molecule has 1 heterocycles. The van der Waals surface area contributed by atoms with Gasteiger partial charge in [0.2, 0.25) is 5.91 Å². The molecule has 1 fully saturated rings. The number of hydrogen-bond acceptors (Lipinski definition) is 4. The van der Waals surface area contributed by atoms with Crippen molar-refractivity contribution in [2.75, 3.05) is 18.2 Å². The summed E-state index contributed by atoms with van der Waals surface area (Å²) < 4.78 is 5.30. The minimum Gasteiger partial charge on any atom is -0.444 e. The Labute approximate surface area is 113 Å². The SMILES string of the molecule is CCCNC(=O)[C@@H]1CSCN1C(=O)OC(C)(C)C. The predicted octanol–water partition coefficient (Wildman–Crippen LogP) is 1.82. The fourth-order valence-electron chi connectivity index (χ4n) is 1.53. The van der Waals surface area contributed by atoms with E-state index in [4.69, 9.17) is 4.74 Å². The monoisotopic (exact) mass is 274 g/mol. The topological polar surface area (TPSA) is 58.6 Å². The lowest BCUT2D eigenvalue weighted by atomic mass is 10.2. The fraction of sp³-hybridized carbons (Fsp3) is 0.833. The van der Waals surface area contributed by atoms with Crippen LogP contribution >= 0.6 is 11.8 Å². The van der Waals surface area contributed by atoms with Gasteiger partial charge in [-0.1, -0.05) is 6.92 Å². The molecule has 1 atom stereocenters. The van der Waals surface area contributed by atoms with Crippen molar-refractivity contribution in [1.29, 1.82) is 0 Å². The van der Waals surface area contributed by atoms with Gasteiger partial charge in [-0.3, -0.25) is 9.69 Å². The molecular formula is C12H22N2O3S. The lowest BCUT2D eigenvalue weighted by molar-refractivity contribution is -0.125. The van der Waals surface area contributed by atoms with E-state index >= 15 is 0 Å². The van der Waals surface area contributed by atoms with Crippen LogP contribution in [0.1, 0.15) is 34.1 Å². The van der Waals surface area contributed by atoms with Crippen LogP contribution in [0.2, 0.25) is 0 Å². The van der Waals surface area contributed by atoms with Crippen molar-refractivity contribution in [3.05, 3.63) is 0 Å². The number of hydrogen-bond donors (Lipinski definition) is 1. The van der Waals surface area contributed by atoms with Crippen LogP contribution < -0.4 is 5.32 Å². The maximum Gasteiger partial charge on any atom is 0.411 e. The first-order chi connectivity index (χ1) is 8.35. The second-order valence-corrected chi connectivity index (χ2v) is 6.26. The number of nitrogens with zero attached hydrogens (tertiary/aromatic N) is 1. The molecule has 1 N–H and O–H groups in total. The summed E-state index contributed by atoms with van der Waals surface area (Å²) in [6.07, 6.45) is 0.474. The van der Waals surface area contributed by atoms with Gasteiger partial charge in [-0.15, -0.1) is 11.8 Å². The van der Waals surface area contributed by atoms with Gasteiger partial charge in [0.25, 0.3) is 0 Å². The number of rotatable bonds is 3. The van der Waals surface area contributed by atoms with Crippen LogP contribution in [0.3, 0.4) is 0 Å². The zero-order valence-electron chi connectivity index (χ0n) is 11.5. The molecule has 104 valence electrons. The highest BCUT2D eigenvalue weighted by molar-refractivity contribution is 7.99. The van der Waals surface area contributed by atoms with Crippen LogP contribution in [-0.4, -0.2) is 46.7 Å². The Kier molecular flexibility index (Phi) is 5.31. The summed E-state index contributed by atoms with van der Waals surface area (Å²) in [7, 11) is 0. The molecule has 0 saturated carbocycles. The summed E-state index contributed by atoms with van der Waals surface area (Å²) in [5.41, 5.74) is -0.533. The standard InChI is InChI=1S/C12H22N2O3S/c1-5-6-13-10(15)9-7-18-8-14(9)11(16)17-12(2,3)4/h9H,5-8H2,1-4H3,(H,13,15)/t9-/m0/s1. The normalized spacial score (nSPS) is 19.8. The van der Waals surface area contributed by atoms with E-state index in [0.29, 0.717) is 18.2 Å². The lowest BCUT2D eigenvalue weighted by Crippen LogP contribution is -2.48. The second kappa shape index (κ2) is 6.31. The third-order valence-electron chi connectivity index (χ3n) is 2.36. The first kappa shape index (κ1) is 15.1. The molecule has 1 aliphatic rings. The van der Waals surface area contributed by atoms with Crippen molar-refractivity contribution in [2.24, 2.45) is 0 Å². The smallest absolute Gasteiger partial charge is 0.411 e. The number of ether oxygens (including phenoxy) is 1. The van der Waals surface area contributed by atoms with Crippen LogP contribution in [0, 0.1) is 0 Å². The largest absolute Gasteiger partial charge is 0.444 e. The zero-order valence-corrected chi connectivity index (χ0v) is 12.3. The van der Waals surface area contributed by atoms with E-state index in [1.54, 1.807) is 11.8 Å². The van der Waals surface area contributed by atoms with Gasteiger partial charge in [-0.2, -0.15) is 0 Å². The Morgan fingerprint density at radius 1 is 1.44 bits per heavy atom. The molecule has 1 aliphatic heterocycles. The van der Waals surface area contributed by atoms with Crippen LogP contribution in [0.5, 0.6) is 0 Å². The van der Waals surface area contributed by atoms with Gasteiger partial charge in [0, 0.05) is 12.3 Å². The number of amides is 2. The molecule has 6 heteroatoms. The van der Waals surface area contributed by atoms with Gasteiger partial charge in [-0.05, 0) is 27.2 Å². The molecule has 0 unspecified atom stereocenters. The summed E-state index contributed by atoms with van der Waals surface area (Å²) in [5.74, 6) is 1.06. The number of carbonyl (C=O) groups excluding carboxylic acids is 2. The summed E-state index contributed by atoms with van der Waals surface area (Å²) >= 11 is 1.57. The average molecular weight is 274 g/mol. The quantitative estimate of drug-likeness (QED) is 0.853. The van der Waals surface area contributed by atoms with Crippen molar-refractivity contribution < 1.29 is 14.3 Å². The zero-order chi connectivity index (χ0) is 13.8. The van der Waals surface area contributed by atoms with E-state index in [-0.39, 0.29) is 5.91 Å². The van der Waals surface area contributed by atoms with Gasteiger partial charge in [-0.25, -0.2) is 4.79 Å². The third kappa shape index (κ3) is 4.40. The van der Waals surface area contributed by atoms with Gasteiger partial charge in [0.05, 0.1) is 5.88 Å². The van der Waals surface area contributed by atoms with E-state index in [9.17, 15) is 9.59 Å². The Morgan fingerprint density at radius 2 is 2.11 bits per heavy atom. The Hall–Kier alpha value is -0.910. The highest BCUT2D eigenvalue weighted by atomic mass is 32.2. The Morgan fingerprint density at radius 3 is 2.67 bits per heavy atom. The molecule has 5 nitrogen and oxygen atoms in total. The van der Waals surface area contributed by atoms with Gasteiger partial charge < -0.3 is 10.1 Å². The van der Waals surface area contributed by atoms with Crippen LogP contribution in [-0.2, 0) is 9.53 Å². The van der Waals surface area contributed by atoms with E-state index in [2.05, 4.69) is 5.32 Å². The Balaban J connectivity index is 2.59. The maximum absolute atomic E-state index is 12.0. The molecule has 2 amide bonds. The van der Waals surface area contributed by atoms with Crippen molar-refractivity contribution in [3.63, 3.8) is 0 Å². The first-order valence-corrected chi connectivity index (χ1v) is 7.35. The van der Waals surface area contributed by atoms with E-state index in [0.717, 1.165) is 6.42 Å². The van der Waals surface area contributed by atoms with Gasteiger partial charge in [0.15, 0.2) is 0 Å². The number of carbonyl (C=O) groups is 2. The summed E-state index contributed by atoms with van der Waals surface area (Å²) in [4.78, 5) is 25.4. The summed E-state index contributed by atoms with van der Waals surface area (Å²) in [6.45, 7) is 8.10. The van der Waals surface area contributed by atoms with Crippen LogP contribution in [0.4, 0.5) is 4.79 Å². The molecule has 0 spiro atoms. The molecule has 18 heavy (non-hydrogen) atoms. The maximum atomic E-state index is 12.0. The van der Waals surface area contributed by atoms with E-state index in [1.807, 2.05) is 27.7 Å². The molecule has 0 aromatic carbocycles. The first-order valence-electron chi connectivity index (χ1n) is 6.20. The van der Waals surface area contributed by atoms with Crippen molar-refractivity contribution in [2.45, 2.75) is 45.8 Å². The minimum atomic E-state index is -0.533. The molecule has 0 aromatic heterocycles. The van der Waals surface area contributed by atoms with Crippen molar-refractivity contribution >= 4 is 23.8 Å². The highest BCUT2D eigenvalue weighted by Crippen LogP contribution is 2.23. The van der Waals surface area contributed by atoms with Gasteiger partial charge >= 0.3 is 6.09 Å². The fourth-order valence-corrected chi connectivity index (χ4v) is 2.67. The molecule has 1 rings (SSSR count). The molecule has 0 radical (unpaired) electrons. The average Bonchev–Trinajstić information content (AvgIpc) is 2.72. The molecular weight excluding hydrogens is 252 g/mol. The van der Waals surface area contributed by atoms with Crippen molar-refractivity contribution in [1.82, 2.24) is 10.2 Å². The molecule has 1 saturated heterocycles. The molecule has 0 aromatic rings. The summed E-state index contributed by atoms with van der Waals surface area (Å²) in [5, 5.41) is 2.82. The Bertz CT molecular complexity index is 315. The number of nitrogens with one attached hydrogen (secondary N) is 1. The van der Waals surface area contributed by atoms with E-state index < -0.39 is 17.7 Å². The summed E-state index contributed by atoms with van der Waals surface area (Å²) in [6, 6.07) is -0.406. The lowest BCUT2D eigenvalue weighted by Gasteiger charge is -2.27. The van der Waals surface area contributed by atoms with E-state index in [1.165, 1.54) is 4.90 Å². The highest BCUT2D eigenvalue weighted by Gasteiger charge is 2.36. The van der Waals surface area contributed by atoms with Crippen molar-refractivity contribution in [3.8, 4) is 0 Å². The van der Waals surface area contributed by atoms with Gasteiger partial charge in [0.1, 0.15) is 11.6 Å². The van der Waals surface area contributed by atoms with Crippen LogP contribution in [0.15, 0.2) is 0 Å². The molecule has 0 bridgehead atoms. The molecule has 0 aliphatic carbocycles.